The number of hydrogen-bond acceptors (Lipinski definition) is 2. The molecule has 0 aliphatic rings. The summed E-state index contributed by atoms with van der Waals surface area (Å²) in [6.07, 6.45) is 0.771. The number of anilines is 1. The number of benzene rings is 1. The van der Waals surface area contributed by atoms with Gasteiger partial charge in [0.1, 0.15) is 23.2 Å². The monoisotopic (exact) mass is 213 g/mol. The molecule has 3 nitrogen and oxygen atoms in total. The number of rotatable bonds is 4. The fourth-order valence-electron chi connectivity index (χ4n) is 1.15. The second kappa shape index (κ2) is 4.72. The van der Waals surface area contributed by atoms with E-state index in [4.69, 9.17) is 11.1 Å². The van der Waals surface area contributed by atoms with E-state index in [1.807, 2.05) is 6.92 Å². The van der Waals surface area contributed by atoms with Gasteiger partial charge in [0, 0.05) is 12.1 Å². The van der Waals surface area contributed by atoms with Crippen molar-refractivity contribution in [2.75, 3.05) is 11.9 Å². The summed E-state index contributed by atoms with van der Waals surface area (Å²) < 4.78 is 26.7. The molecule has 0 aliphatic heterocycles. The minimum absolute atomic E-state index is 0.0482. The number of nitrogens with one attached hydrogen (secondary N) is 2. The summed E-state index contributed by atoms with van der Waals surface area (Å²) in [4.78, 5) is 0. The van der Waals surface area contributed by atoms with Gasteiger partial charge < -0.3 is 11.1 Å². The molecule has 0 radical (unpaired) electrons. The summed E-state index contributed by atoms with van der Waals surface area (Å²) in [6, 6.07) is 2.09. The molecule has 0 atom stereocenters. The van der Waals surface area contributed by atoms with Gasteiger partial charge in [0.05, 0.1) is 0 Å². The van der Waals surface area contributed by atoms with Gasteiger partial charge in [-0.3, -0.25) is 5.41 Å². The Hall–Kier alpha value is -1.65. The van der Waals surface area contributed by atoms with Crippen molar-refractivity contribution < 1.29 is 8.78 Å². The number of nitrogen functional groups attached to an aromatic ring is 1. The maximum Gasteiger partial charge on any atom is 0.150 e. The minimum atomic E-state index is -0.728. The zero-order chi connectivity index (χ0) is 11.4. The summed E-state index contributed by atoms with van der Waals surface area (Å²) >= 11 is 0. The molecular formula is C10H13F2N3. The highest BCUT2D eigenvalue weighted by Crippen LogP contribution is 2.20. The van der Waals surface area contributed by atoms with Gasteiger partial charge in [0.2, 0.25) is 0 Å². The molecular weight excluding hydrogens is 200 g/mol. The SMILES string of the molecule is CCCNc1c(F)cc(C(=N)N)cc1F. The fourth-order valence-corrected chi connectivity index (χ4v) is 1.15. The van der Waals surface area contributed by atoms with E-state index in [1.165, 1.54) is 0 Å². The summed E-state index contributed by atoms with van der Waals surface area (Å²) in [5.41, 5.74) is 5.01. The normalized spacial score (nSPS) is 10.1. The zero-order valence-corrected chi connectivity index (χ0v) is 8.40. The average molecular weight is 213 g/mol. The summed E-state index contributed by atoms with van der Waals surface area (Å²) in [7, 11) is 0. The maximum absolute atomic E-state index is 13.3. The molecule has 0 aliphatic carbocycles. The first-order valence-electron chi connectivity index (χ1n) is 4.63. The van der Waals surface area contributed by atoms with Crippen LogP contribution in [-0.4, -0.2) is 12.4 Å². The van der Waals surface area contributed by atoms with Crippen LogP contribution in [0.5, 0.6) is 0 Å². The third-order valence-electron chi connectivity index (χ3n) is 1.90. The Morgan fingerprint density at radius 2 is 1.93 bits per heavy atom. The largest absolute Gasteiger partial charge is 0.384 e. The smallest absolute Gasteiger partial charge is 0.150 e. The van der Waals surface area contributed by atoms with Crippen molar-refractivity contribution in [3.63, 3.8) is 0 Å². The highest BCUT2D eigenvalue weighted by Gasteiger charge is 2.11. The molecule has 1 rings (SSSR count). The van der Waals surface area contributed by atoms with Crippen molar-refractivity contribution in [1.29, 1.82) is 5.41 Å². The molecule has 82 valence electrons. The predicted octanol–water partition coefficient (Wildman–Crippen LogP) is 2.07. The van der Waals surface area contributed by atoms with E-state index in [1.54, 1.807) is 0 Å². The van der Waals surface area contributed by atoms with Crippen molar-refractivity contribution in [2.45, 2.75) is 13.3 Å². The Morgan fingerprint density at radius 3 is 2.33 bits per heavy atom. The average Bonchev–Trinajstić information content (AvgIpc) is 2.16. The molecule has 0 saturated carbocycles. The molecule has 4 N–H and O–H groups in total. The molecule has 1 aromatic carbocycles. The quantitative estimate of drug-likeness (QED) is 0.529. The molecule has 0 spiro atoms. The van der Waals surface area contributed by atoms with E-state index in [2.05, 4.69) is 5.32 Å². The maximum atomic E-state index is 13.3. The number of halogens is 2. The van der Waals surface area contributed by atoms with Crippen molar-refractivity contribution >= 4 is 11.5 Å². The Labute approximate surface area is 86.8 Å². The first-order chi connectivity index (χ1) is 7.06. The van der Waals surface area contributed by atoms with E-state index >= 15 is 0 Å². The number of hydrogen-bond donors (Lipinski definition) is 3. The molecule has 0 bridgehead atoms. The van der Waals surface area contributed by atoms with Crippen LogP contribution in [0.2, 0.25) is 0 Å². The summed E-state index contributed by atoms with van der Waals surface area (Å²) in [5, 5.41) is 9.70. The third kappa shape index (κ3) is 2.65. The fraction of sp³-hybridized carbons (Fsp3) is 0.300. The molecule has 0 amide bonds. The van der Waals surface area contributed by atoms with E-state index in [0.717, 1.165) is 18.6 Å². The highest BCUT2D eigenvalue weighted by atomic mass is 19.1. The van der Waals surface area contributed by atoms with Crippen LogP contribution in [0.3, 0.4) is 0 Å². The lowest BCUT2D eigenvalue weighted by Gasteiger charge is -2.09. The van der Waals surface area contributed by atoms with Gasteiger partial charge in [-0.15, -0.1) is 0 Å². The van der Waals surface area contributed by atoms with Gasteiger partial charge in [0.15, 0.2) is 0 Å². The molecule has 5 heteroatoms. The Morgan fingerprint density at radius 1 is 1.40 bits per heavy atom. The van der Waals surface area contributed by atoms with E-state index < -0.39 is 11.6 Å². The zero-order valence-electron chi connectivity index (χ0n) is 8.40. The van der Waals surface area contributed by atoms with Crippen LogP contribution in [0.25, 0.3) is 0 Å². The van der Waals surface area contributed by atoms with Crippen LogP contribution in [0.15, 0.2) is 12.1 Å². The standard InChI is InChI=1S/C10H13F2N3/c1-2-3-15-9-7(11)4-6(10(13)14)5-8(9)12/h4-5,15H,2-3H2,1H3,(H3,13,14). The highest BCUT2D eigenvalue weighted by molar-refractivity contribution is 5.95. The lowest BCUT2D eigenvalue weighted by molar-refractivity contribution is 0.587. The van der Waals surface area contributed by atoms with Crippen molar-refractivity contribution in [1.82, 2.24) is 0 Å². The first kappa shape index (κ1) is 11.4. The van der Waals surface area contributed by atoms with Gasteiger partial charge in [-0.2, -0.15) is 0 Å². The molecule has 0 unspecified atom stereocenters. The summed E-state index contributed by atoms with van der Waals surface area (Å²) in [5.74, 6) is -1.81. The third-order valence-corrected chi connectivity index (χ3v) is 1.90. The predicted molar refractivity (Wildman–Crippen MR) is 56.2 cm³/mol. The minimum Gasteiger partial charge on any atom is -0.384 e. The Balaban J connectivity index is 3.04. The van der Waals surface area contributed by atoms with Gasteiger partial charge in [-0.25, -0.2) is 8.78 Å². The topological polar surface area (TPSA) is 61.9 Å². The Bertz CT molecular complexity index is 354. The Kier molecular flexibility index (Phi) is 3.60. The lowest BCUT2D eigenvalue weighted by atomic mass is 10.1. The van der Waals surface area contributed by atoms with Crippen LogP contribution in [0, 0.1) is 17.0 Å². The van der Waals surface area contributed by atoms with Crippen molar-refractivity contribution in [2.24, 2.45) is 5.73 Å². The van der Waals surface area contributed by atoms with Crippen LogP contribution in [0.4, 0.5) is 14.5 Å². The van der Waals surface area contributed by atoms with Crippen molar-refractivity contribution in [3.05, 3.63) is 29.3 Å². The second-order valence-electron chi connectivity index (χ2n) is 3.16. The van der Waals surface area contributed by atoms with Crippen LogP contribution >= 0.6 is 0 Å². The second-order valence-corrected chi connectivity index (χ2v) is 3.16. The van der Waals surface area contributed by atoms with Crippen LogP contribution in [0.1, 0.15) is 18.9 Å². The van der Waals surface area contributed by atoms with Crippen LogP contribution < -0.4 is 11.1 Å². The van der Waals surface area contributed by atoms with E-state index in [-0.39, 0.29) is 17.1 Å². The molecule has 0 heterocycles. The van der Waals surface area contributed by atoms with Crippen molar-refractivity contribution in [3.8, 4) is 0 Å². The molecule has 15 heavy (non-hydrogen) atoms. The first-order valence-corrected chi connectivity index (χ1v) is 4.63. The van der Waals surface area contributed by atoms with E-state index in [0.29, 0.717) is 6.54 Å². The number of nitrogens with two attached hydrogens (primary N) is 1. The lowest BCUT2D eigenvalue weighted by Crippen LogP contribution is -2.13. The molecule has 0 saturated heterocycles. The summed E-state index contributed by atoms with van der Waals surface area (Å²) in [6.45, 7) is 2.39. The molecule has 0 aromatic heterocycles. The molecule has 0 fully saturated rings. The van der Waals surface area contributed by atoms with E-state index in [9.17, 15) is 8.78 Å². The number of amidine groups is 1. The molecule has 1 aromatic rings. The van der Waals surface area contributed by atoms with Gasteiger partial charge in [-0.05, 0) is 18.6 Å². The van der Waals surface area contributed by atoms with Gasteiger partial charge >= 0.3 is 0 Å². The van der Waals surface area contributed by atoms with Gasteiger partial charge in [0.25, 0.3) is 0 Å². The van der Waals surface area contributed by atoms with Crippen LogP contribution in [-0.2, 0) is 0 Å². The van der Waals surface area contributed by atoms with Gasteiger partial charge in [-0.1, -0.05) is 6.92 Å².